The van der Waals surface area contributed by atoms with E-state index < -0.39 is 0 Å². The Kier molecular flexibility index (Phi) is 3.02. The molecule has 2 aliphatic carbocycles. The Balaban J connectivity index is 1.89. The zero-order valence-corrected chi connectivity index (χ0v) is 15.9. The molecule has 0 N–H and O–H groups in total. The van der Waals surface area contributed by atoms with Gasteiger partial charge in [-0.3, -0.25) is 0 Å². The van der Waals surface area contributed by atoms with Crippen LogP contribution in [0, 0.1) is 0 Å². The van der Waals surface area contributed by atoms with Gasteiger partial charge in [-0.2, -0.15) is 0 Å². The number of hydrogen-bond donors (Lipinski definition) is 0. The van der Waals surface area contributed by atoms with E-state index in [-0.39, 0.29) is 5.41 Å². The Morgan fingerprint density at radius 3 is 1.56 bits per heavy atom. The summed E-state index contributed by atoms with van der Waals surface area (Å²) >= 11 is 13.2. The summed E-state index contributed by atoms with van der Waals surface area (Å²) < 4.78 is 0. The van der Waals surface area contributed by atoms with Crippen molar-refractivity contribution >= 4 is 23.2 Å². The van der Waals surface area contributed by atoms with E-state index in [0.29, 0.717) is 10.0 Å². The summed E-state index contributed by atoms with van der Waals surface area (Å²) in [5.74, 6) is 0. The molecule has 0 unspecified atom stereocenters. The summed E-state index contributed by atoms with van der Waals surface area (Å²) in [5.41, 5.74) is 9.61. The second kappa shape index (κ2) is 5.25. The van der Waals surface area contributed by atoms with Crippen molar-refractivity contribution in [1.29, 1.82) is 0 Å². The van der Waals surface area contributed by atoms with Gasteiger partial charge in [-0.25, -0.2) is 0 Å². The molecule has 0 bridgehead atoms. The molecule has 0 nitrogen and oxygen atoms in total. The first-order valence-electron chi connectivity index (χ1n) is 9.02. The molecule has 4 aromatic rings. The normalized spacial score (nSPS) is 14.6. The van der Waals surface area contributed by atoms with Crippen LogP contribution < -0.4 is 0 Å². The van der Waals surface area contributed by atoms with Gasteiger partial charge in [0.25, 0.3) is 0 Å². The predicted octanol–water partition coefficient (Wildman–Crippen LogP) is 7.34. The average Bonchev–Trinajstić information content (AvgIpc) is 3.18. The van der Waals surface area contributed by atoms with E-state index in [1.807, 2.05) is 6.07 Å². The molecule has 0 radical (unpaired) electrons. The first-order chi connectivity index (χ1) is 13.2. The van der Waals surface area contributed by atoms with Gasteiger partial charge in [-0.15, -0.1) is 0 Å². The van der Waals surface area contributed by atoms with Crippen molar-refractivity contribution in [1.82, 2.24) is 0 Å². The van der Waals surface area contributed by atoms with Crippen LogP contribution in [0.1, 0.15) is 22.3 Å². The second-order valence-electron chi connectivity index (χ2n) is 7.17. The van der Waals surface area contributed by atoms with Gasteiger partial charge in [0.2, 0.25) is 0 Å². The fourth-order valence-electron chi connectivity index (χ4n) is 5.12. The largest absolute Gasteiger partial charge is 0.0827 e. The molecule has 0 aromatic heterocycles. The summed E-state index contributed by atoms with van der Waals surface area (Å²) in [5, 5.41) is 1.24. The van der Waals surface area contributed by atoms with Crippen LogP contribution in [-0.2, 0) is 5.41 Å². The zero-order valence-electron chi connectivity index (χ0n) is 14.3. The van der Waals surface area contributed by atoms with E-state index in [9.17, 15) is 0 Å². The van der Waals surface area contributed by atoms with Crippen molar-refractivity contribution in [3.8, 4) is 22.3 Å². The smallest absolute Gasteiger partial charge is 0.0726 e. The molecule has 0 saturated heterocycles. The number of benzene rings is 4. The van der Waals surface area contributed by atoms with Gasteiger partial charge >= 0.3 is 0 Å². The van der Waals surface area contributed by atoms with Crippen LogP contribution in [-0.4, -0.2) is 0 Å². The van der Waals surface area contributed by atoms with Gasteiger partial charge in [-0.05, 0) is 45.0 Å². The summed E-state index contributed by atoms with van der Waals surface area (Å²) in [6.07, 6.45) is 0. The van der Waals surface area contributed by atoms with Crippen molar-refractivity contribution in [2.45, 2.75) is 5.41 Å². The van der Waals surface area contributed by atoms with E-state index in [0.717, 1.165) is 5.56 Å². The molecule has 128 valence electrons. The maximum atomic E-state index is 6.75. The lowest BCUT2D eigenvalue weighted by Crippen LogP contribution is -2.25. The Bertz CT molecular complexity index is 1210. The molecule has 0 fully saturated rings. The fourth-order valence-corrected chi connectivity index (χ4v) is 5.54. The molecular weight excluding hydrogens is 371 g/mol. The molecule has 27 heavy (non-hydrogen) atoms. The molecular formula is C25H14Cl2. The highest BCUT2D eigenvalue weighted by molar-refractivity contribution is 6.44. The Morgan fingerprint density at radius 2 is 0.963 bits per heavy atom. The maximum absolute atomic E-state index is 6.75. The molecule has 0 saturated carbocycles. The summed E-state index contributed by atoms with van der Waals surface area (Å²) in [6.45, 7) is 0. The van der Waals surface area contributed by atoms with Crippen LogP contribution in [0.3, 0.4) is 0 Å². The second-order valence-corrected chi connectivity index (χ2v) is 7.96. The Morgan fingerprint density at radius 1 is 0.481 bits per heavy atom. The number of rotatable bonds is 0. The molecule has 0 amide bonds. The topological polar surface area (TPSA) is 0 Å². The minimum Gasteiger partial charge on any atom is -0.0827 e. The third-order valence-corrected chi connectivity index (χ3v) is 6.86. The van der Waals surface area contributed by atoms with Crippen LogP contribution in [0.15, 0.2) is 84.9 Å². The van der Waals surface area contributed by atoms with Crippen molar-refractivity contribution < 1.29 is 0 Å². The standard InChI is InChI=1S/C25H14Cl2/c26-22-14-13-21-23(24(22)27)17-9-3-6-12-20(17)25(21)18-10-4-1-7-15(18)16-8-2-5-11-19(16)25/h1-14H. The van der Waals surface area contributed by atoms with Gasteiger partial charge in [0.05, 0.1) is 15.5 Å². The molecule has 0 atom stereocenters. The molecule has 0 heterocycles. The van der Waals surface area contributed by atoms with E-state index in [1.54, 1.807) is 0 Å². The molecule has 0 aliphatic heterocycles. The summed E-state index contributed by atoms with van der Waals surface area (Å²) in [4.78, 5) is 0. The van der Waals surface area contributed by atoms with Crippen LogP contribution in [0.4, 0.5) is 0 Å². The SMILES string of the molecule is Clc1ccc2c(c1Cl)-c1ccccc1C21c2ccccc2-c2ccccc21. The van der Waals surface area contributed by atoms with Gasteiger partial charge in [-0.1, -0.05) is 102 Å². The minimum atomic E-state index is -0.340. The van der Waals surface area contributed by atoms with Crippen molar-refractivity contribution in [2.24, 2.45) is 0 Å². The van der Waals surface area contributed by atoms with Crippen molar-refractivity contribution in [2.75, 3.05) is 0 Å². The highest BCUT2D eigenvalue weighted by Gasteiger charge is 2.52. The van der Waals surface area contributed by atoms with Crippen LogP contribution in [0.2, 0.25) is 10.0 Å². The first-order valence-corrected chi connectivity index (χ1v) is 9.78. The third-order valence-electron chi connectivity index (χ3n) is 6.05. The maximum Gasteiger partial charge on any atom is 0.0726 e. The fraction of sp³-hybridized carbons (Fsp3) is 0.0400. The number of halogens is 2. The van der Waals surface area contributed by atoms with E-state index in [4.69, 9.17) is 23.2 Å². The number of fused-ring (bicyclic) bond motifs is 10. The molecule has 2 aliphatic rings. The monoisotopic (exact) mass is 384 g/mol. The zero-order chi connectivity index (χ0) is 18.2. The molecule has 2 heteroatoms. The lowest BCUT2D eigenvalue weighted by molar-refractivity contribution is 0.794. The van der Waals surface area contributed by atoms with Crippen LogP contribution in [0.25, 0.3) is 22.3 Å². The van der Waals surface area contributed by atoms with Gasteiger partial charge in [0.15, 0.2) is 0 Å². The van der Waals surface area contributed by atoms with E-state index in [2.05, 4.69) is 78.9 Å². The highest BCUT2D eigenvalue weighted by atomic mass is 35.5. The predicted molar refractivity (Wildman–Crippen MR) is 113 cm³/mol. The average molecular weight is 385 g/mol. The third kappa shape index (κ3) is 1.71. The highest BCUT2D eigenvalue weighted by Crippen LogP contribution is 2.63. The Labute approximate surface area is 168 Å². The number of hydrogen-bond acceptors (Lipinski definition) is 0. The van der Waals surface area contributed by atoms with Crippen molar-refractivity contribution in [3.63, 3.8) is 0 Å². The summed E-state index contributed by atoms with van der Waals surface area (Å²) in [6, 6.07) is 30.1. The van der Waals surface area contributed by atoms with E-state index in [1.165, 1.54) is 38.9 Å². The molecule has 4 aromatic carbocycles. The molecule has 6 rings (SSSR count). The van der Waals surface area contributed by atoms with Crippen molar-refractivity contribution in [3.05, 3.63) is 117 Å². The first kappa shape index (κ1) is 15.5. The Hall–Kier alpha value is -2.54. The van der Waals surface area contributed by atoms with Gasteiger partial charge in [0.1, 0.15) is 0 Å². The lowest BCUT2D eigenvalue weighted by atomic mass is 9.70. The lowest BCUT2D eigenvalue weighted by Gasteiger charge is -2.30. The van der Waals surface area contributed by atoms with Gasteiger partial charge in [0, 0.05) is 5.56 Å². The van der Waals surface area contributed by atoms with Crippen LogP contribution >= 0.6 is 23.2 Å². The quantitative estimate of drug-likeness (QED) is 0.257. The van der Waals surface area contributed by atoms with E-state index >= 15 is 0 Å². The minimum absolute atomic E-state index is 0.340. The van der Waals surface area contributed by atoms with Gasteiger partial charge < -0.3 is 0 Å². The molecule has 1 spiro atoms. The van der Waals surface area contributed by atoms with Crippen LogP contribution in [0.5, 0.6) is 0 Å². The summed E-state index contributed by atoms with van der Waals surface area (Å²) in [7, 11) is 0.